The molecule has 1 aliphatic rings. The first kappa shape index (κ1) is 22.5. The Morgan fingerprint density at radius 2 is 1.67 bits per heavy atom. The van der Waals surface area contributed by atoms with Gasteiger partial charge in [0.1, 0.15) is 0 Å². The Hall–Kier alpha value is -2.22. The highest BCUT2D eigenvalue weighted by Crippen LogP contribution is 2.17. The molecule has 0 radical (unpaired) electrons. The number of nitrogens with one attached hydrogen (secondary N) is 1. The lowest BCUT2D eigenvalue weighted by Gasteiger charge is -2.33. The van der Waals surface area contributed by atoms with E-state index in [-0.39, 0.29) is 11.7 Å². The number of benzene rings is 2. The van der Waals surface area contributed by atoms with Gasteiger partial charge >= 0.3 is 0 Å². The third-order valence-corrected chi connectivity index (χ3v) is 7.20. The molecule has 2 aromatic rings. The number of amides is 1. The molecule has 0 aromatic heterocycles. The minimum Gasteiger partial charge on any atom is -0.352 e. The molecule has 1 N–H and O–H groups in total. The van der Waals surface area contributed by atoms with E-state index in [4.69, 9.17) is 0 Å². The molecule has 1 amide bonds. The Morgan fingerprint density at radius 1 is 0.967 bits per heavy atom. The van der Waals surface area contributed by atoms with E-state index in [1.54, 1.807) is 54.6 Å². The number of hydrogen-bond acceptors (Lipinski definition) is 5. The molecule has 0 saturated carbocycles. The zero-order valence-corrected chi connectivity index (χ0v) is 18.4. The maximum Gasteiger partial charge on any atom is 0.251 e. The molecule has 0 unspecified atom stereocenters. The van der Waals surface area contributed by atoms with E-state index in [0.29, 0.717) is 22.6 Å². The van der Waals surface area contributed by atoms with Crippen LogP contribution in [0.1, 0.15) is 29.3 Å². The van der Waals surface area contributed by atoms with E-state index in [0.717, 1.165) is 45.7 Å². The summed E-state index contributed by atoms with van der Waals surface area (Å²) in [5, 5.41) is 2.95. The molecule has 0 spiro atoms. The minimum absolute atomic E-state index is 0.123. The fourth-order valence-electron chi connectivity index (χ4n) is 3.67. The van der Waals surface area contributed by atoms with Crippen molar-refractivity contribution in [3.05, 3.63) is 65.7 Å². The fraction of sp³-hybridized carbons (Fsp3) is 0.435. The Labute approximate surface area is 179 Å². The van der Waals surface area contributed by atoms with E-state index in [1.807, 2.05) is 0 Å². The van der Waals surface area contributed by atoms with Gasteiger partial charge in [-0.2, -0.15) is 0 Å². The number of carbonyl (C=O) groups is 1. The number of carbonyl (C=O) groups excluding carboxylic acids is 1. The van der Waals surface area contributed by atoms with Crippen LogP contribution < -0.4 is 5.32 Å². The molecule has 1 heterocycles. The summed E-state index contributed by atoms with van der Waals surface area (Å²) in [6.07, 6.45) is 0.903. The van der Waals surface area contributed by atoms with Gasteiger partial charge in [0.25, 0.3) is 5.91 Å². The Kier molecular flexibility index (Phi) is 8.01. The molecule has 0 bridgehead atoms. The maximum absolute atomic E-state index is 12.6. The number of sulfone groups is 1. The largest absolute Gasteiger partial charge is 0.352 e. The average Bonchev–Trinajstić information content (AvgIpc) is 2.77. The van der Waals surface area contributed by atoms with Crippen LogP contribution in [-0.2, 0) is 15.6 Å². The highest BCUT2D eigenvalue weighted by molar-refractivity contribution is 7.90. The van der Waals surface area contributed by atoms with Gasteiger partial charge in [-0.25, -0.2) is 8.42 Å². The minimum atomic E-state index is -3.44. The average molecular weight is 430 g/mol. The molecule has 0 atom stereocenters. The van der Waals surface area contributed by atoms with Crippen molar-refractivity contribution in [2.45, 2.75) is 24.0 Å². The van der Waals surface area contributed by atoms with Crippen molar-refractivity contribution in [3.63, 3.8) is 0 Å². The maximum atomic E-state index is 12.6. The van der Waals surface area contributed by atoms with Crippen LogP contribution in [0.25, 0.3) is 0 Å². The molecule has 3 rings (SSSR count). The topological polar surface area (TPSA) is 69.7 Å². The summed E-state index contributed by atoms with van der Waals surface area (Å²) in [6.45, 7) is 9.28. The molecule has 1 fully saturated rings. The second kappa shape index (κ2) is 10.7. The molecule has 1 aliphatic heterocycles. The normalized spacial score (nSPS) is 15.8. The summed E-state index contributed by atoms with van der Waals surface area (Å²) in [7, 11) is -3.44. The van der Waals surface area contributed by atoms with Crippen LogP contribution >= 0.6 is 0 Å². The monoisotopic (exact) mass is 429 g/mol. The number of likely N-dealkylation sites (N-methyl/N-ethyl adjacent to an activating group) is 1. The summed E-state index contributed by atoms with van der Waals surface area (Å²) >= 11 is 0. The van der Waals surface area contributed by atoms with Crippen molar-refractivity contribution in [2.75, 3.05) is 45.8 Å². The summed E-state index contributed by atoms with van der Waals surface area (Å²) in [5.41, 5.74) is 1.10. The van der Waals surface area contributed by atoms with Gasteiger partial charge in [-0.1, -0.05) is 37.3 Å². The van der Waals surface area contributed by atoms with Gasteiger partial charge in [-0.05, 0) is 49.3 Å². The van der Waals surface area contributed by atoms with Crippen molar-refractivity contribution in [2.24, 2.45) is 0 Å². The molecule has 7 heteroatoms. The smallest absolute Gasteiger partial charge is 0.251 e. The molecule has 2 aromatic carbocycles. The van der Waals surface area contributed by atoms with Crippen LogP contribution in [0, 0.1) is 0 Å². The van der Waals surface area contributed by atoms with Crippen molar-refractivity contribution >= 4 is 15.7 Å². The summed E-state index contributed by atoms with van der Waals surface area (Å²) in [4.78, 5) is 17.7. The van der Waals surface area contributed by atoms with Crippen LogP contribution in [0.15, 0.2) is 59.5 Å². The van der Waals surface area contributed by atoms with Gasteiger partial charge in [0.2, 0.25) is 0 Å². The number of hydrogen-bond donors (Lipinski definition) is 1. The van der Waals surface area contributed by atoms with Crippen LogP contribution in [0.3, 0.4) is 0 Å². The quantitative estimate of drug-likeness (QED) is 0.620. The zero-order chi connectivity index (χ0) is 21.4. The zero-order valence-electron chi connectivity index (χ0n) is 17.6. The second-order valence-electron chi connectivity index (χ2n) is 7.66. The van der Waals surface area contributed by atoms with Gasteiger partial charge in [-0.15, -0.1) is 0 Å². The van der Waals surface area contributed by atoms with Crippen LogP contribution in [0.4, 0.5) is 0 Å². The van der Waals surface area contributed by atoms with Gasteiger partial charge in [0.05, 0.1) is 10.6 Å². The molecular weight excluding hydrogens is 398 g/mol. The number of piperazine rings is 1. The standard InChI is InChI=1S/C23H31N3O3S/c1-2-25-14-16-26(17-15-25)13-7-12-24-23(27)21-9-6-8-20(18-21)19-30(28,29)22-10-4-3-5-11-22/h3-6,8-11,18H,2,7,12-17,19H2,1H3,(H,24,27). The van der Waals surface area contributed by atoms with Crippen LogP contribution in [0.2, 0.25) is 0 Å². The molecule has 1 saturated heterocycles. The lowest BCUT2D eigenvalue weighted by atomic mass is 10.1. The van der Waals surface area contributed by atoms with E-state index in [1.165, 1.54) is 0 Å². The molecule has 30 heavy (non-hydrogen) atoms. The van der Waals surface area contributed by atoms with Crippen LogP contribution in [-0.4, -0.2) is 69.9 Å². The van der Waals surface area contributed by atoms with Crippen molar-refractivity contribution < 1.29 is 13.2 Å². The number of nitrogens with zero attached hydrogens (tertiary/aromatic N) is 2. The highest BCUT2D eigenvalue weighted by atomic mass is 32.2. The van der Waals surface area contributed by atoms with E-state index < -0.39 is 9.84 Å². The summed E-state index contributed by atoms with van der Waals surface area (Å²) in [6, 6.07) is 15.3. The van der Waals surface area contributed by atoms with Gasteiger partial charge in [0.15, 0.2) is 9.84 Å². The number of rotatable bonds is 9. The first-order chi connectivity index (χ1) is 14.5. The van der Waals surface area contributed by atoms with E-state index >= 15 is 0 Å². The second-order valence-corrected chi connectivity index (χ2v) is 9.65. The predicted molar refractivity (Wildman–Crippen MR) is 119 cm³/mol. The molecule has 162 valence electrons. The van der Waals surface area contributed by atoms with Crippen molar-refractivity contribution in [3.8, 4) is 0 Å². The van der Waals surface area contributed by atoms with E-state index in [9.17, 15) is 13.2 Å². The molecule has 6 nitrogen and oxygen atoms in total. The molecular formula is C23H31N3O3S. The van der Waals surface area contributed by atoms with Gasteiger partial charge < -0.3 is 15.1 Å². The van der Waals surface area contributed by atoms with Crippen molar-refractivity contribution in [1.29, 1.82) is 0 Å². The summed E-state index contributed by atoms with van der Waals surface area (Å²) in [5.74, 6) is -0.285. The molecule has 0 aliphatic carbocycles. The lowest BCUT2D eigenvalue weighted by molar-refractivity contribution is 0.0948. The Balaban J connectivity index is 1.48. The predicted octanol–water partition coefficient (Wildman–Crippen LogP) is 2.42. The first-order valence-corrected chi connectivity index (χ1v) is 12.2. The highest BCUT2D eigenvalue weighted by Gasteiger charge is 2.17. The van der Waals surface area contributed by atoms with Crippen LogP contribution in [0.5, 0.6) is 0 Å². The first-order valence-electron chi connectivity index (χ1n) is 10.6. The summed E-state index contributed by atoms with van der Waals surface area (Å²) < 4.78 is 25.2. The van der Waals surface area contributed by atoms with E-state index in [2.05, 4.69) is 22.0 Å². The Bertz CT molecular complexity index is 924. The lowest BCUT2D eigenvalue weighted by Crippen LogP contribution is -2.46. The third-order valence-electron chi connectivity index (χ3n) is 5.50. The Morgan fingerprint density at radius 3 is 2.37 bits per heavy atom. The fourth-order valence-corrected chi connectivity index (χ4v) is 5.03. The van der Waals surface area contributed by atoms with Crippen molar-refractivity contribution in [1.82, 2.24) is 15.1 Å². The van der Waals surface area contributed by atoms with Gasteiger partial charge in [0, 0.05) is 38.3 Å². The van der Waals surface area contributed by atoms with Gasteiger partial charge in [-0.3, -0.25) is 4.79 Å². The third kappa shape index (κ3) is 6.39. The SMILES string of the molecule is CCN1CCN(CCCNC(=O)c2cccc(CS(=O)(=O)c3ccccc3)c2)CC1.